The zero-order valence-corrected chi connectivity index (χ0v) is 21.7. The maximum absolute atomic E-state index is 13.0. The topological polar surface area (TPSA) is 116 Å². The number of carboxylic acids is 1. The number of hydrogen-bond acceptors (Lipinski definition) is 7. The van der Waals surface area contributed by atoms with Crippen LogP contribution >= 0.6 is 0 Å². The summed E-state index contributed by atoms with van der Waals surface area (Å²) in [5.74, 6) is -5.90. The van der Waals surface area contributed by atoms with Crippen molar-refractivity contribution in [1.82, 2.24) is 0 Å². The van der Waals surface area contributed by atoms with Crippen molar-refractivity contribution in [2.75, 3.05) is 6.61 Å². The van der Waals surface area contributed by atoms with Gasteiger partial charge in [-0.25, -0.2) is 0 Å². The predicted molar refractivity (Wildman–Crippen MR) is 131 cm³/mol. The molecule has 3 rings (SSSR count). The van der Waals surface area contributed by atoms with Crippen LogP contribution in [-0.2, 0) is 33.4 Å². The number of carbonyl (C=O) groups excluding carboxylic acids is 3. The van der Waals surface area contributed by atoms with Crippen LogP contribution < -0.4 is 0 Å². The van der Waals surface area contributed by atoms with E-state index in [4.69, 9.17) is 14.2 Å². The lowest BCUT2D eigenvalue weighted by Crippen LogP contribution is -2.60. The number of carbonyl (C=O) groups is 4. The number of aliphatic carboxylic acids is 1. The van der Waals surface area contributed by atoms with Crippen LogP contribution in [0, 0.1) is 34.5 Å². The number of unbranched alkanes of at least 4 members (excludes halogenated alkanes) is 1. The monoisotopic (exact) mass is 498 g/mol. The van der Waals surface area contributed by atoms with Gasteiger partial charge in [-0.2, -0.15) is 0 Å². The summed E-state index contributed by atoms with van der Waals surface area (Å²) in [6, 6.07) is 0. The van der Waals surface area contributed by atoms with Crippen molar-refractivity contribution in [3.63, 3.8) is 0 Å². The Hall–Kier alpha value is -2.12. The molecule has 35 heavy (non-hydrogen) atoms. The fourth-order valence-corrected chi connectivity index (χ4v) is 5.91. The van der Waals surface area contributed by atoms with E-state index in [0.29, 0.717) is 12.3 Å². The molecular formula is C27H46O8. The van der Waals surface area contributed by atoms with Crippen LogP contribution in [0.25, 0.3) is 0 Å². The molecule has 0 spiro atoms. The molecule has 8 nitrogen and oxygen atoms in total. The molecule has 1 N–H and O–H groups in total. The van der Waals surface area contributed by atoms with Gasteiger partial charge in [0.1, 0.15) is 18.1 Å². The van der Waals surface area contributed by atoms with E-state index in [9.17, 15) is 24.3 Å². The number of rotatable bonds is 13. The smallest absolute Gasteiger partial charge is 0.311 e. The van der Waals surface area contributed by atoms with Gasteiger partial charge in [-0.15, -0.1) is 0 Å². The Morgan fingerprint density at radius 2 is 1.71 bits per heavy atom. The SMILES string of the molecule is C.CCCCOC(=O)C(CC(C)C(=O)OC1C2CCC1(C)C2(C)C)C(C(=O)O)C(CC)OC(C)=O. The number of fused-ring (bicyclic) bond motifs is 1. The molecule has 3 saturated carbocycles. The number of carboxylic acid groups (broad SMARTS) is 1. The van der Waals surface area contributed by atoms with Crippen LogP contribution in [0.3, 0.4) is 0 Å². The standard InChI is InChI=1S/C26H42O8.CH4/c1-8-10-13-32-24(31)17(20(22(28)29)19(9-2)33-16(4)27)14-15(3)23(30)34-21-18-11-12-26(21,7)25(18,5)6;/h15,17-21H,8-14H2,1-7H3,(H,28,29);1H4. The van der Waals surface area contributed by atoms with E-state index in [1.165, 1.54) is 6.92 Å². The predicted octanol–water partition coefficient (Wildman–Crippen LogP) is 5.02. The summed E-state index contributed by atoms with van der Waals surface area (Å²) in [6.45, 7) is 13.2. The lowest BCUT2D eigenvalue weighted by molar-refractivity contribution is -0.210. The quantitative estimate of drug-likeness (QED) is 0.214. The minimum Gasteiger partial charge on any atom is -0.481 e. The molecule has 3 fully saturated rings. The van der Waals surface area contributed by atoms with Crippen LogP contribution in [0.4, 0.5) is 0 Å². The molecule has 3 aliphatic rings. The molecule has 0 aliphatic heterocycles. The second kappa shape index (κ2) is 12.2. The van der Waals surface area contributed by atoms with E-state index in [0.717, 1.165) is 19.3 Å². The van der Waals surface area contributed by atoms with Crippen molar-refractivity contribution in [3.05, 3.63) is 0 Å². The molecule has 0 aromatic rings. The van der Waals surface area contributed by atoms with E-state index < -0.39 is 47.7 Å². The van der Waals surface area contributed by atoms with Crippen LogP contribution in [0.5, 0.6) is 0 Å². The summed E-state index contributed by atoms with van der Waals surface area (Å²) in [5.41, 5.74) is 0.0390. The number of esters is 3. The Labute approximate surface area is 210 Å². The molecule has 0 heterocycles. The molecular weight excluding hydrogens is 452 g/mol. The Morgan fingerprint density at radius 1 is 1.09 bits per heavy atom. The van der Waals surface area contributed by atoms with Gasteiger partial charge in [0.15, 0.2) is 0 Å². The first-order chi connectivity index (χ1) is 15.8. The minimum atomic E-state index is -1.32. The molecule has 2 bridgehead atoms. The summed E-state index contributed by atoms with van der Waals surface area (Å²) in [4.78, 5) is 49.8. The summed E-state index contributed by atoms with van der Waals surface area (Å²) >= 11 is 0. The molecule has 0 saturated heterocycles. The molecule has 202 valence electrons. The van der Waals surface area contributed by atoms with E-state index >= 15 is 0 Å². The third-order valence-corrected chi connectivity index (χ3v) is 8.50. The van der Waals surface area contributed by atoms with Crippen molar-refractivity contribution >= 4 is 23.9 Å². The van der Waals surface area contributed by atoms with Gasteiger partial charge < -0.3 is 19.3 Å². The Morgan fingerprint density at radius 3 is 2.14 bits per heavy atom. The Kier molecular flexibility index (Phi) is 10.8. The highest BCUT2D eigenvalue weighted by Crippen LogP contribution is 2.71. The zero-order chi connectivity index (χ0) is 25.8. The third-order valence-electron chi connectivity index (χ3n) is 8.50. The van der Waals surface area contributed by atoms with Crippen molar-refractivity contribution < 1.29 is 38.5 Å². The molecule has 0 radical (unpaired) electrons. The number of ether oxygens (including phenoxy) is 3. The molecule has 7 atom stereocenters. The van der Waals surface area contributed by atoms with Crippen molar-refractivity contribution in [2.45, 2.75) is 107 Å². The maximum atomic E-state index is 13.0. The highest BCUT2D eigenvalue weighted by atomic mass is 16.6. The Bertz CT molecular complexity index is 775. The number of hydrogen-bond donors (Lipinski definition) is 1. The van der Waals surface area contributed by atoms with E-state index in [-0.39, 0.29) is 43.8 Å². The zero-order valence-electron chi connectivity index (χ0n) is 21.7. The van der Waals surface area contributed by atoms with Gasteiger partial charge in [-0.05, 0) is 37.5 Å². The lowest BCUT2D eigenvalue weighted by atomic mass is 9.49. The van der Waals surface area contributed by atoms with E-state index in [1.807, 2.05) is 6.92 Å². The normalized spacial score (nSPS) is 27.3. The molecule has 7 unspecified atom stereocenters. The average molecular weight is 499 g/mol. The van der Waals surface area contributed by atoms with Crippen molar-refractivity contribution in [1.29, 1.82) is 0 Å². The highest BCUT2D eigenvalue weighted by molar-refractivity contribution is 5.83. The largest absolute Gasteiger partial charge is 0.481 e. The van der Waals surface area contributed by atoms with Gasteiger partial charge in [-0.1, -0.05) is 55.4 Å². The summed E-state index contributed by atoms with van der Waals surface area (Å²) < 4.78 is 16.5. The van der Waals surface area contributed by atoms with Crippen LogP contribution in [0.2, 0.25) is 0 Å². The van der Waals surface area contributed by atoms with E-state index in [2.05, 4.69) is 20.8 Å². The second-order valence-electron chi connectivity index (χ2n) is 10.8. The van der Waals surface area contributed by atoms with Crippen LogP contribution in [0.15, 0.2) is 0 Å². The molecule has 0 aromatic heterocycles. The molecule has 8 heteroatoms. The summed E-state index contributed by atoms with van der Waals surface area (Å²) in [7, 11) is 0. The van der Waals surface area contributed by atoms with Crippen LogP contribution in [-0.4, -0.2) is 47.8 Å². The van der Waals surface area contributed by atoms with Gasteiger partial charge in [-0.3, -0.25) is 19.2 Å². The van der Waals surface area contributed by atoms with Crippen molar-refractivity contribution in [3.8, 4) is 0 Å². The fraction of sp³-hybridized carbons (Fsp3) is 0.852. The first-order valence-electron chi connectivity index (χ1n) is 12.6. The summed E-state index contributed by atoms with van der Waals surface area (Å²) in [5, 5.41) is 9.98. The minimum absolute atomic E-state index is 0. The van der Waals surface area contributed by atoms with Gasteiger partial charge >= 0.3 is 23.9 Å². The maximum Gasteiger partial charge on any atom is 0.311 e. The lowest BCUT2D eigenvalue weighted by Gasteiger charge is -2.58. The van der Waals surface area contributed by atoms with Gasteiger partial charge in [0.05, 0.1) is 18.4 Å². The summed E-state index contributed by atoms with van der Waals surface area (Å²) in [6.07, 6.45) is 2.46. The Balaban J connectivity index is 0.00000612. The molecule has 0 aromatic carbocycles. The molecule has 3 aliphatic carbocycles. The third kappa shape index (κ3) is 6.18. The first kappa shape index (κ1) is 30.9. The van der Waals surface area contributed by atoms with Crippen LogP contribution in [0.1, 0.15) is 94.4 Å². The fourth-order valence-electron chi connectivity index (χ4n) is 5.91. The van der Waals surface area contributed by atoms with Gasteiger partial charge in [0, 0.05) is 18.3 Å². The average Bonchev–Trinajstić information content (AvgIpc) is 3.22. The van der Waals surface area contributed by atoms with E-state index in [1.54, 1.807) is 13.8 Å². The second-order valence-corrected chi connectivity index (χ2v) is 10.8. The highest BCUT2D eigenvalue weighted by Gasteiger charge is 2.70. The first-order valence-corrected chi connectivity index (χ1v) is 12.6. The van der Waals surface area contributed by atoms with Gasteiger partial charge in [0.2, 0.25) is 0 Å². The molecule has 0 amide bonds. The van der Waals surface area contributed by atoms with Gasteiger partial charge in [0.25, 0.3) is 0 Å². The van der Waals surface area contributed by atoms with Crippen molar-refractivity contribution in [2.24, 2.45) is 34.5 Å².